The van der Waals surface area contributed by atoms with Crippen LogP contribution in [0.4, 0.5) is 13.2 Å². The highest BCUT2D eigenvalue weighted by Crippen LogP contribution is 2.30. The molecule has 0 unspecified atom stereocenters. The van der Waals surface area contributed by atoms with Crippen LogP contribution in [0, 0.1) is 6.61 Å². The first-order valence-electron chi connectivity index (χ1n) is 4.16. The van der Waals surface area contributed by atoms with Gasteiger partial charge in [-0.1, -0.05) is 13.0 Å². The third-order valence-electron chi connectivity index (χ3n) is 1.99. The minimum absolute atomic E-state index is 0.224. The molecule has 1 radical (unpaired) electrons. The summed E-state index contributed by atoms with van der Waals surface area (Å²) in [5.41, 5.74) is 0.179. The van der Waals surface area contributed by atoms with Crippen LogP contribution in [0.25, 0.3) is 0 Å². The Balaban J connectivity index is 3.14. The summed E-state index contributed by atoms with van der Waals surface area (Å²) in [6.45, 7) is 2.52. The van der Waals surface area contributed by atoms with Gasteiger partial charge in [-0.2, -0.15) is 13.2 Å². The van der Waals surface area contributed by atoms with Crippen LogP contribution in [0.3, 0.4) is 0 Å². The minimum atomic E-state index is -4.36. The Morgan fingerprint density at radius 3 is 2.43 bits per heavy atom. The summed E-state index contributed by atoms with van der Waals surface area (Å²) in [7, 11) is 0. The molecule has 0 saturated carbocycles. The summed E-state index contributed by atoms with van der Waals surface area (Å²) >= 11 is 0. The van der Waals surface area contributed by atoms with Gasteiger partial charge in [-0.15, -0.1) is 0 Å². The van der Waals surface area contributed by atoms with Crippen molar-refractivity contribution in [2.24, 2.45) is 0 Å². The molecular formula is C10H10F3O. The lowest BCUT2D eigenvalue weighted by atomic mass is 10.0. The van der Waals surface area contributed by atoms with Crippen LogP contribution in [0.5, 0.6) is 0 Å². The van der Waals surface area contributed by atoms with Crippen molar-refractivity contribution < 1.29 is 18.3 Å². The van der Waals surface area contributed by atoms with E-state index in [4.69, 9.17) is 5.11 Å². The molecule has 0 aliphatic heterocycles. The summed E-state index contributed by atoms with van der Waals surface area (Å²) in [6, 6.07) is 3.34. The minimum Gasteiger partial charge on any atom is -0.385 e. The fourth-order valence-electron chi connectivity index (χ4n) is 1.21. The molecule has 0 bridgehead atoms. The Morgan fingerprint density at radius 2 is 2.00 bits per heavy atom. The zero-order valence-electron chi connectivity index (χ0n) is 7.60. The average molecular weight is 203 g/mol. The third kappa shape index (κ3) is 2.26. The lowest BCUT2D eigenvalue weighted by Gasteiger charge is -2.10. The fraction of sp³-hybridized carbons (Fsp3) is 0.300. The number of rotatable bonds is 2. The van der Waals surface area contributed by atoms with Gasteiger partial charge in [0.2, 0.25) is 0 Å². The number of halogens is 3. The van der Waals surface area contributed by atoms with Crippen molar-refractivity contribution in [1.29, 1.82) is 0 Å². The molecule has 0 aliphatic carbocycles. The molecule has 0 fully saturated rings. The van der Waals surface area contributed by atoms with Crippen molar-refractivity contribution in [2.45, 2.75) is 19.5 Å². The molecule has 1 nitrogen and oxygen atoms in total. The van der Waals surface area contributed by atoms with Crippen LogP contribution < -0.4 is 0 Å². The second kappa shape index (κ2) is 4.00. The van der Waals surface area contributed by atoms with Gasteiger partial charge in [0, 0.05) is 0 Å². The molecule has 0 atom stereocenters. The molecule has 1 N–H and O–H groups in total. The van der Waals surface area contributed by atoms with Crippen LogP contribution in [-0.2, 0) is 12.6 Å². The molecule has 0 aromatic heterocycles. The molecule has 0 spiro atoms. The number of hydrogen-bond donors (Lipinski definition) is 1. The molecule has 1 aromatic carbocycles. The Kier molecular flexibility index (Phi) is 3.16. The standard InChI is InChI=1S/C10H10F3O/c1-2-7-3-4-9(10(11,12)13)5-8(7)6-14/h3-6,14H,2H2,1H3. The molecule has 0 aliphatic rings. The van der Waals surface area contributed by atoms with E-state index in [9.17, 15) is 13.2 Å². The van der Waals surface area contributed by atoms with Gasteiger partial charge in [0.15, 0.2) is 0 Å². The monoisotopic (exact) mass is 203 g/mol. The molecule has 1 rings (SSSR count). The number of benzene rings is 1. The maximum absolute atomic E-state index is 12.2. The van der Waals surface area contributed by atoms with Gasteiger partial charge in [-0.05, 0) is 29.7 Å². The van der Waals surface area contributed by atoms with E-state index >= 15 is 0 Å². The predicted molar refractivity (Wildman–Crippen MR) is 46.2 cm³/mol. The van der Waals surface area contributed by atoms with Crippen LogP contribution in [0.2, 0.25) is 0 Å². The van der Waals surface area contributed by atoms with Crippen molar-refractivity contribution >= 4 is 0 Å². The highest BCUT2D eigenvalue weighted by atomic mass is 19.4. The summed E-state index contributed by atoms with van der Waals surface area (Å²) < 4.78 is 36.7. The largest absolute Gasteiger partial charge is 0.416 e. The quantitative estimate of drug-likeness (QED) is 0.782. The van der Waals surface area contributed by atoms with E-state index in [-0.39, 0.29) is 5.56 Å². The van der Waals surface area contributed by atoms with E-state index < -0.39 is 11.7 Å². The van der Waals surface area contributed by atoms with Gasteiger partial charge >= 0.3 is 6.18 Å². The highest BCUT2D eigenvalue weighted by Gasteiger charge is 2.30. The van der Waals surface area contributed by atoms with Crippen LogP contribution in [0.1, 0.15) is 23.6 Å². The number of alkyl halides is 3. The van der Waals surface area contributed by atoms with Gasteiger partial charge in [-0.25, -0.2) is 0 Å². The molecule has 4 heteroatoms. The number of hydrogen-bond acceptors (Lipinski definition) is 1. The van der Waals surface area contributed by atoms with E-state index in [1.165, 1.54) is 6.07 Å². The first-order chi connectivity index (χ1) is 6.49. The van der Waals surface area contributed by atoms with E-state index in [1.807, 2.05) is 6.92 Å². The van der Waals surface area contributed by atoms with Crippen LogP contribution >= 0.6 is 0 Å². The third-order valence-corrected chi connectivity index (χ3v) is 1.99. The second-order valence-electron chi connectivity index (χ2n) is 2.89. The van der Waals surface area contributed by atoms with Crippen molar-refractivity contribution in [1.82, 2.24) is 0 Å². The Morgan fingerprint density at radius 1 is 1.36 bits per heavy atom. The average Bonchev–Trinajstić information content (AvgIpc) is 2.15. The molecule has 77 valence electrons. The van der Waals surface area contributed by atoms with Gasteiger partial charge < -0.3 is 5.11 Å². The Labute approximate surface area is 80.2 Å². The predicted octanol–water partition coefficient (Wildman–Crippen LogP) is 3.15. The summed E-state index contributed by atoms with van der Waals surface area (Å²) in [6.07, 6.45) is -3.77. The highest BCUT2D eigenvalue weighted by molar-refractivity contribution is 5.36. The van der Waals surface area contributed by atoms with E-state index in [0.717, 1.165) is 12.1 Å². The van der Waals surface area contributed by atoms with Crippen molar-refractivity contribution in [2.75, 3.05) is 0 Å². The van der Waals surface area contributed by atoms with E-state index in [0.29, 0.717) is 18.6 Å². The number of aryl methyl sites for hydroxylation is 1. The number of aliphatic hydroxyl groups is 1. The molecule has 0 heterocycles. The maximum Gasteiger partial charge on any atom is 0.416 e. The fourth-order valence-corrected chi connectivity index (χ4v) is 1.21. The summed E-state index contributed by atoms with van der Waals surface area (Å²) in [5, 5.41) is 8.75. The first-order valence-corrected chi connectivity index (χ1v) is 4.16. The zero-order chi connectivity index (χ0) is 10.8. The van der Waals surface area contributed by atoms with Gasteiger partial charge in [0.05, 0.1) is 5.56 Å². The van der Waals surface area contributed by atoms with Crippen molar-refractivity contribution in [3.63, 3.8) is 0 Å². The normalized spacial score (nSPS) is 11.8. The van der Waals surface area contributed by atoms with Gasteiger partial charge in [0.25, 0.3) is 0 Å². The maximum atomic E-state index is 12.2. The lowest BCUT2D eigenvalue weighted by molar-refractivity contribution is -0.137. The summed E-state index contributed by atoms with van der Waals surface area (Å²) in [5.74, 6) is 0. The van der Waals surface area contributed by atoms with Crippen molar-refractivity contribution in [3.05, 3.63) is 41.5 Å². The van der Waals surface area contributed by atoms with E-state index in [2.05, 4.69) is 0 Å². The SMILES string of the molecule is CCc1ccc(C(F)(F)F)cc1[CH]O. The van der Waals surface area contributed by atoms with E-state index in [1.54, 1.807) is 0 Å². The molecule has 14 heavy (non-hydrogen) atoms. The molecule has 1 aromatic rings. The smallest absolute Gasteiger partial charge is 0.385 e. The summed E-state index contributed by atoms with van der Waals surface area (Å²) in [4.78, 5) is 0. The first kappa shape index (κ1) is 11.0. The lowest BCUT2D eigenvalue weighted by Crippen LogP contribution is -2.06. The Bertz CT molecular complexity index is 318. The zero-order valence-corrected chi connectivity index (χ0v) is 7.60. The Hall–Kier alpha value is -1.03. The number of aliphatic hydroxyl groups excluding tert-OH is 1. The molecular weight excluding hydrogens is 193 g/mol. The second-order valence-corrected chi connectivity index (χ2v) is 2.89. The molecule has 0 saturated heterocycles. The van der Waals surface area contributed by atoms with Crippen LogP contribution in [0.15, 0.2) is 18.2 Å². The van der Waals surface area contributed by atoms with Gasteiger partial charge in [0.1, 0.15) is 6.61 Å². The van der Waals surface area contributed by atoms with Crippen molar-refractivity contribution in [3.8, 4) is 0 Å². The molecule has 0 amide bonds. The van der Waals surface area contributed by atoms with Crippen LogP contribution in [-0.4, -0.2) is 5.11 Å². The van der Waals surface area contributed by atoms with Gasteiger partial charge in [-0.3, -0.25) is 0 Å². The topological polar surface area (TPSA) is 20.2 Å².